The van der Waals surface area contributed by atoms with Crippen molar-refractivity contribution in [3.05, 3.63) is 58.1 Å². The van der Waals surface area contributed by atoms with Gasteiger partial charge in [-0.3, -0.25) is 9.59 Å². The maximum absolute atomic E-state index is 12.9. The second-order valence-electron chi connectivity index (χ2n) is 6.77. The van der Waals surface area contributed by atoms with Crippen molar-refractivity contribution >= 4 is 29.1 Å². The molecule has 1 heterocycles. The molecule has 2 aromatic carbocycles. The molecule has 1 atom stereocenters. The van der Waals surface area contributed by atoms with Crippen molar-refractivity contribution in [2.75, 3.05) is 20.8 Å². The Morgan fingerprint density at radius 1 is 1.13 bits per heavy atom. The van der Waals surface area contributed by atoms with Gasteiger partial charge in [0, 0.05) is 12.6 Å². The largest absolute Gasteiger partial charge is 0.508 e. The van der Waals surface area contributed by atoms with Crippen LogP contribution in [-0.2, 0) is 9.59 Å². The molecule has 1 aliphatic rings. The molecule has 1 unspecified atom stereocenters. The molecule has 30 heavy (non-hydrogen) atoms. The SMILES string of the molecule is CCCN1C(=O)C(=O)/C(=C(/O)c2cc(OC)c(Cl)cc2OC)C1c1cccc(O)c1. The van der Waals surface area contributed by atoms with Gasteiger partial charge in [0.25, 0.3) is 11.7 Å². The summed E-state index contributed by atoms with van der Waals surface area (Å²) in [6.45, 7) is 2.19. The normalized spacial score (nSPS) is 18.0. The van der Waals surface area contributed by atoms with Gasteiger partial charge in [-0.1, -0.05) is 30.7 Å². The fourth-order valence-corrected chi connectivity index (χ4v) is 3.81. The summed E-state index contributed by atoms with van der Waals surface area (Å²) in [5, 5.41) is 21.3. The molecule has 8 heteroatoms. The summed E-state index contributed by atoms with van der Waals surface area (Å²) in [5.41, 5.74) is 0.573. The van der Waals surface area contributed by atoms with Crippen molar-refractivity contribution in [2.24, 2.45) is 0 Å². The Kier molecular flexibility index (Phi) is 6.22. The number of aliphatic hydroxyl groups excluding tert-OH is 1. The van der Waals surface area contributed by atoms with Gasteiger partial charge in [0.15, 0.2) is 0 Å². The summed E-state index contributed by atoms with van der Waals surface area (Å²) in [6.07, 6.45) is 0.612. The van der Waals surface area contributed by atoms with Crippen LogP contribution in [0.15, 0.2) is 42.0 Å². The smallest absolute Gasteiger partial charge is 0.295 e. The molecule has 1 fully saturated rings. The molecule has 0 aliphatic carbocycles. The second-order valence-corrected chi connectivity index (χ2v) is 7.18. The van der Waals surface area contributed by atoms with Gasteiger partial charge in [-0.15, -0.1) is 0 Å². The van der Waals surface area contributed by atoms with Crippen LogP contribution < -0.4 is 9.47 Å². The number of ether oxygens (including phenoxy) is 2. The standard InChI is InChI=1S/C22H22ClNO6/c1-4-8-24-19(12-6-5-7-13(25)9-12)18(21(27)22(24)28)20(26)14-10-17(30-3)15(23)11-16(14)29-2/h5-7,9-11,19,25-26H,4,8H2,1-3H3/b20-18+. The molecule has 158 valence electrons. The summed E-state index contributed by atoms with van der Waals surface area (Å²) in [7, 11) is 2.82. The Hall–Kier alpha value is -3.19. The monoisotopic (exact) mass is 431 g/mol. The van der Waals surface area contributed by atoms with Crippen LogP contribution in [-0.4, -0.2) is 47.6 Å². The van der Waals surface area contributed by atoms with Crippen LogP contribution in [0, 0.1) is 0 Å². The lowest BCUT2D eigenvalue weighted by molar-refractivity contribution is -0.139. The maximum Gasteiger partial charge on any atom is 0.295 e. The Morgan fingerprint density at radius 3 is 2.43 bits per heavy atom. The number of ketones is 1. The molecular formula is C22H22ClNO6. The Labute approximate surface area is 179 Å². The third-order valence-electron chi connectivity index (χ3n) is 4.92. The number of Topliss-reactive ketones (excluding diaryl/α,β-unsaturated/α-hetero) is 1. The first-order valence-electron chi connectivity index (χ1n) is 9.33. The average Bonchev–Trinajstić information content (AvgIpc) is 2.98. The van der Waals surface area contributed by atoms with E-state index in [9.17, 15) is 19.8 Å². The Bertz CT molecular complexity index is 1030. The molecule has 0 bridgehead atoms. The van der Waals surface area contributed by atoms with Crippen molar-refractivity contribution in [3.63, 3.8) is 0 Å². The number of phenolic OH excluding ortho intramolecular Hbond substituents is 1. The van der Waals surface area contributed by atoms with Crippen molar-refractivity contribution < 1.29 is 29.3 Å². The fourth-order valence-electron chi connectivity index (χ4n) is 3.58. The van der Waals surface area contributed by atoms with Crippen LogP contribution in [0.2, 0.25) is 5.02 Å². The molecule has 3 rings (SSSR count). The number of carbonyl (C=O) groups excluding carboxylic acids is 2. The van der Waals surface area contributed by atoms with Crippen LogP contribution in [0.4, 0.5) is 0 Å². The van der Waals surface area contributed by atoms with Gasteiger partial charge in [0.2, 0.25) is 0 Å². The highest BCUT2D eigenvalue weighted by Gasteiger charge is 2.46. The number of amides is 1. The predicted molar refractivity (Wildman–Crippen MR) is 112 cm³/mol. The third kappa shape index (κ3) is 3.68. The molecule has 2 N–H and O–H groups in total. The Balaban J connectivity index is 2.28. The van der Waals surface area contributed by atoms with E-state index in [1.807, 2.05) is 6.92 Å². The molecule has 2 aromatic rings. The van der Waals surface area contributed by atoms with E-state index in [4.69, 9.17) is 21.1 Å². The zero-order chi connectivity index (χ0) is 22.0. The van der Waals surface area contributed by atoms with Crippen molar-refractivity contribution in [3.8, 4) is 17.2 Å². The van der Waals surface area contributed by atoms with Crippen LogP contribution in [0.1, 0.15) is 30.5 Å². The number of hydrogen-bond acceptors (Lipinski definition) is 6. The minimum Gasteiger partial charge on any atom is -0.508 e. The second kappa shape index (κ2) is 8.67. The van der Waals surface area contributed by atoms with Crippen LogP contribution >= 0.6 is 11.6 Å². The zero-order valence-corrected chi connectivity index (χ0v) is 17.6. The minimum absolute atomic E-state index is 0.0136. The number of nitrogens with zero attached hydrogens (tertiary/aromatic N) is 1. The van der Waals surface area contributed by atoms with Gasteiger partial charge < -0.3 is 24.6 Å². The molecule has 0 saturated carbocycles. The first kappa shape index (κ1) is 21.5. The lowest BCUT2D eigenvalue weighted by Crippen LogP contribution is -2.30. The van der Waals surface area contributed by atoms with E-state index < -0.39 is 23.5 Å². The minimum atomic E-state index is -0.858. The highest BCUT2D eigenvalue weighted by atomic mass is 35.5. The van der Waals surface area contributed by atoms with E-state index in [1.165, 1.54) is 43.4 Å². The molecule has 1 saturated heterocycles. The number of aromatic hydroxyl groups is 1. The quantitative estimate of drug-likeness (QED) is 0.409. The lowest BCUT2D eigenvalue weighted by atomic mass is 9.94. The number of carbonyl (C=O) groups is 2. The van der Waals surface area contributed by atoms with Crippen molar-refractivity contribution in [2.45, 2.75) is 19.4 Å². The van der Waals surface area contributed by atoms with Gasteiger partial charge in [-0.25, -0.2) is 0 Å². The summed E-state index contributed by atoms with van der Waals surface area (Å²) in [5.74, 6) is -1.46. The van der Waals surface area contributed by atoms with Crippen LogP contribution in [0.25, 0.3) is 5.76 Å². The van der Waals surface area contributed by atoms with Crippen LogP contribution in [0.5, 0.6) is 17.2 Å². The number of aliphatic hydroxyl groups is 1. The lowest BCUT2D eigenvalue weighted by Gasteiger charge is -2.25. The fraction of sp³-hybridized carbons (Fsp3) is 0.273. The first-order valence-corrected chi connectivity index (χ1v) is 9.71. The Morgan fingerprint density at radius 2 is 1.83 bits per heavy atom. The average molecular weight is 432 g/mol. The molecule has 0 radical (unpaired) electrons. The van der Waals surface area contributed by atoms with E-state index in [-0.39, 0.29) is 33.4 Å². The summed E-state index contributed by atoms with van der Waals surface area (Å²) < 4.78 is 10.5. The molecule has 0 aromatic heterocycles. The summed E-state index contributed by atoms with van der Waals surface area (Å²) >= 11 is 6.14. The highest BCUT2D eigenvalue weighted by molar-refractivity contribution is 6.46. The van der Waals surface area contributed by atoms with Gasteiger partial charge >= 0.3 is 0 Å². The number of hydrogen-bond donors (Lipinski definition) is 2. The number of likely N-dealkylation sites (tertiary alicyclic amines) is 1. The predicted octanol–water partition coefficient (Wildman–Crippen LogP) is 3.89. The molecular weight excluding hydrogens is 410 g/mol. The van der Waals surface area contributed by atoms with Gasteiger partial charge in [-0.2, -0.15) is 0 Å². The van der Waals surface area contributed by atoms with Gasteiger partial charge in [0.1, 0.15) is 23.0 Å². The number of halogens is 1. The molecule has 1 amide bonds. The topological polar surface area (TPSA) is 96.3 Å². The molecule has 1 aliphatic heterocycles. The van der Waals surface area contributed by atoms with E-state index in [1.54, 1.807) is 12.1 Å². The first-order chi connectivity index (χ1) is 14.3. The van der Waals surface area contributed by atoms with E-state index in [0.29, 0.717) is 18.5 Å². The molecule has 0 spiro atoms. The van der Waals surface area contributed by atoms with Crippen LogP contribution in [0.3, 0.4) is 0 Å². The number of benzene rings is 2. The zero-order valence-electron chi connectivity index (χ0n) is 16.8. The third-order valence-corrected chi connectivity index (χ3v) is 5.21. The maximum atomic E-state index is 12.9. The highest BCUT2D eigenvalue weighted by Crippen LogP contribution is 2.43. The number of rotatable bonds is 6. The van der Waals surface area contributed by atoms with Gasteiger partial charge in [0.05, 0.1) is 36.4 Å². The molecule has 7 nitrogen and oxygen atoms in total. The summed E-state index contributed by atoms with van der Waals surface area (Å²) in [4.78, 5) is 27.0. The van der Waals surface area contributed by atoms with E-state index >= 15 is 0 Å². The van der Waals surface area contributed by atoms with Gasteiger partial charge in [-0.05, 0) is 30.2 Å². The van der Waals surface area contributed by atoms with E-state index in [0.717, 1.165) is 0 Å². The van der Waals surface area contributed by atoms with E-state index in [2.05, 4.69) is 0 Å². The van der Waals surface area contributed by atoms with Crippen molar-refractivity contribution in [1.82, 2.24) is 4.90 Å². The van der Waals surface area contributed by atoms with Crippen molar-refractivity contribution in [1.29, 1.82) is 0 Å². The number of phenols is 1. The number of methoxy groups -OCH3 is 2. The summed E-state index contributed by atoms with van der Waals surface area (Å²) in [6, 6.07) is 8.30.